The Kier molecular flexibility index (Phi) is 9.89. The quantitative estimate of drug-likeness (QED) is 0.300. The van der Waals surface area contributed by atoms with E-state index in [1.807, 2.05) is 91.0 Å². The average Bonchev–Trinajstić information content (AvgIpc) is 2.94. The Hall–Kier alpha value is -3.45. The molecule has 194 valence electrons. The molecule has 1 aliphatic heterocycles. The molecule has 0 spiro atoms. The number of esters is 1. The number of benzene rings is 3. The van der Waals surface area contributed by atoms with Crippen LogP contribution in [0, 0.1) is 0 Å². The zero-order valence-corrected chi connectivity index (χ0v) is 21.2. The van der Waals surface area contributed by atoms with Gasteiger partial charge < -0.3 is 23.7 Å². The van der Waals surface area contributed by atoms with Crippen LogP contribution in [0.5, 0.6) is 0 Å². The maximum atomic E-state index is 12.3. The molecule has 37 heavy (non-hydrogen) atoms. The Bertz CT molecular complexity index is 1100. The molecular formula is C31H34O6. The van der Waals surface area contributed by atoms with Crippen molar-refractivity contribution in [2.75, 3.05) is 6.61 Å². The van der Waals surface area contributed by atoms with Gasteiger partial charge in [0.15, 0.2) is 12.2 Å². The van der Waals surface area contributed by atoms with E-state index < -0.39 is 24.4 Å². The van der Waals surface area contributed by atoms with Crippen LogP contribution < -0.4 is 0 Å². The monoisotopic (exact) mass is 502 g/mol. The van der Waals surface area contributed by atoms with Gasteiger partial charge in [0.25, 0.3) is 0 Å². The lowest BCUT2D eigenvalue weighted by Crippen LogP contribution is -2.56. The molecule has 4 rings (SSSR count). The summed E-state index contributed by atoms with van der Waals surface area (Å²) >= 11 is 0. The van der Waals surface area contributed by atoms with Crippen LogP contribution in [0.4, 0.5) is 0 Å². The largest absolute Gasteiger partial charge is 0.486 e. The molecule has 0 radical (unpaired) electrons. The van der Waals surface area contributed by atoms with E-state index in [-0.39, 0.29) is 19.0 Å². The second-order valence-electron chi connectivity index (χ2n) is 8.91. The molecule has 0 aromatic heterocycles. The van der Waals surface area contributed by atoms with E-state index in [0.29, 0.717) is 25.6 Å². The number of hydrogen-bond donors (Lipinski definition) is 0. The predicted octanol–water partition coefficient (Wildman–Crippen LogP) is 5.61. The van der Waals surface area contributed by atoms with Gasteiger partial charge in [0.2, 0.25) is 0 Å². The van der Waals surface area contributed by atoms with Crippen LogP contribution >= 0.6 is 0 Å². The number of hydrogen-bond acceptors (Lipinski definition) is 6. The van der Waals surface area contributed by atoms with Gasteiger partial charge in [0.05, 0.1) is 26.4 Å². The van der Waals surface area contributed by atoms with Crippen LogP contribution in [-0.4, -0.2) is 37.0 Å². The molecule has 0 saturated carbocycles. The van der Waals surface area contributed by atoms with Crippen molar-refractivity contribution in [2.45, 2.75) is 57.6 Å². The van der Waals surface area contributed by atoms with Gasteiger partial charge >= 0.3 is 5.97 Å². The lowest BCUT2D eigenvalue weighted by atomic mass is 9.97. The van der Waals surface area contributed by atoms with Crippen molar-refractivity contribution in [1.82, 2.24) is 0 Å². The fraction of sp³-hybridized carbons (Fsp3) is 0.323. The first-order valence-corrected chi connectivity index (χ1v) is 12.6. The summed E-state index contributed by atoms with van der Waals surface area (Å²) in [7, 11) is 0. The van der Waals surface area contributed by atoms with Crippen molar-refractivity contribution in [1.29, 1.82) is 0 Å². The molecule has 1 heterocycles. The second kappa shape index (κ2) is 13.7. The number of carbonyl (C=O) groups excluding carboxylic acids is 1. The van der Waals surface area contributed by atoms with Gasteiger partial charge in [-0.15, -0.1) is 0 Å². The van der Waals surface area contributed by atoms with E-state index in [0.717, 1.165) is 16.7 Å². The Morgan fingerprint density at radius 1 is 0.757 bits per heavy atom. The standard InChI is InChI=1S/C31H34O6/c1-3-28(32)37-29-23(2)36-27(22-33-19-24-13-7-4-8-14-24)30(34-20-25-15-9-5-10-16-25)31(29)35-21-26-17-11-6-12-18-26/h4-18,27,29-31H,2-3,19-22H2,1H3/t27-,29+,30?,31-/m1/s1. The summed E-state index contributed by atoms with van der Waals surface area (Å²) < 4.78 is 30.8. The van der Waals surface area contributed by atoms with Gasteiger partial charge in [0.1, 0.15) is 18.0 Å². The minimum atomic E-state index is -0.803. The van der Waals surface area contributed by atoms with Crippen molar-refractivity contribution >= 4 is 5.97 Å². The zero-order valence-electron chi connectivity index (χ0n) is 21.2. The Balaban J connectivity index is 1.55. The SMILES string of the molecule is C=C1O[C@H](COCc2ccccc2)C(OCc2ccccc2)[C@H](OCc2ccccc2)[C@H]1OC(=O)CC. The number of ether oxygens (including phenoxy) is 5. The Morgan fingerprint density at radius 3 is 1.76 bits per heavy atom. The summed E-state index contributed by atoms with van der Waals surface area (Å²) in [6, 6.07) is 29.7. The molecule has 0 N–H and O–H groups in total. The summed E-state index contributed by atoms with van der Waals surface area (Å²) in [6.45, 7) is 7.17. The van der Waals surface area contributed by atoms with E-state index in [1.54, 1.807) is 6.92 Å². The number of carbonyl (C=O) groups is 1. The highest BCUT2D eigenvalue weighted by Crippen LogP contribution is 2.31. The van der Waals surface area contributed by atoms with Crippen molar-refractivity contribution in [3.63, 3.8) is 0 Å². The fourth-order valence-electron chi connectivity index (χ4n) is 4.17. The summed E-state index contributed by atoms with van der Waals surface area (Å²) in [5, 5.41) is 0. The normalized spacial score (nSPS) is 21.3. The molecule has 4 atom stereocenters. The van der Waals surface area contributed by atoms with E-state index >= 15 is 0 Å². The minimum Gasteiger partial charge on any atom is -0.486 e. The van der Waals surface area contributed by atoms with E-state index in [4.69, 9.17) is 23.7 Å². The molecule has 1 aliphatic rings. The lowest BCUT2D eigenvalue weighted by Gasteiger charge is -2.42. The van der Waals surface area contributed by atoms with Gasteiger partial charge in [-0.3, -0.25) is 4.79 Å². The first kappa shape index (κ1) is 26.6. The van der Waals surface area contributed by atoms with Crippen molar-refractivity contribution in [3.8, 4) is 0 Å². The molecule has 0 aliphatic carbocycles. The Labute approximate surface area is 218 Å². The minimum absolute atomic E-state index is 0.230. The maximum Gasteiger partial charge on any atom is 0.306 e. The van der Waals surface area contributed by atoms with Crippen LogP contribution in [0.3, 0.4) is 0 Å². The first-order chi connectivity index (χ1) is 18.1. The molecular weight excluding hydrogens is 468 g/mol. The van der Waals surface area contributed by atoms with Gasteiger partial charge in [-0.2, -0.15) is 0 Å². The van der Waals surface area contributed by atoms with Crippen LogP contribution in [-0.2, 0) is 48.3 Å². The lowest BCUT2D eigenvalue weighted by molar-refractivity contribution is -0.221. The first-order valence-electron chi connectivity index (χ1n) is 12.6. The highest BCUT2D eigenvalue weighted by atomic mass is 16.6. The van der Waals surface area contributed by atoms with Gasteiger partial charge in [-0.25, -0.2) is 0 Å². The van der Waals surface area contributed by atoms with Crippen molar-refractivity contribution in [3.05, 3.63) is 120 Å². The molecule has 1 saturated heterocycles. The molecule has 1 unspecified atom stereocenters. The molecule has 0 bridgehead atoms. The summed E-state index contributed by atoms with van der Waals surface area (Å²) in [4.78, 5) is 12.3. The highest BCUT2D eigenvalue weighted by molar-refractivity contribution is 5.69. The molecule has 3 aromatic rings. The zero-order chi connectivity index (χ0) is 25.9. The molecule has 6 nitrogen and oxygen atoms in total. The van der Waals surface area contributed by atoms with Crippen LogP contribution in [0.1, 0.15) is 30.0 Å². The van der Waals surface area contributed by atoms with Crippen molar-refractivity contribution < 1.29 is 28.5 Å². The summed E-state index contributed by atoms with van der Waals surface area (Å²) in [6.07, 6.45) is -2.28. The molecule has 1 fully saturated rings. The summed E-state index contributed by atoms with van der Waals surface area (Å²) in [5.74, 6) is -0.0311. The highest BCUT2D eigenvalue weighted by Gasteiger charge is 2.47. The summed E-state index contributed by atoms with van der Waals surface area (Å²) in [5.41, 5.74) is 3.07. The third kappa shape index (κ3) is 7.76. The van der Waals surface area contributed by atoms with Crippen molar-refractivity contribution in [2.24, 2.45) is 0 Å². The third-order valence-electron chi connectivity index (χ3n) is 6.12. The smallest absolute Gasteiger partial charge is 0.306 e. The van der Waals surface area contributed by atoms with E-state index in [9.17, 15) is 4.79 Å². The van der Waals surface area contributed by atoms with Gasteiger partial charge in [0, 0.05) is 6.42 Å². The fourth-order valence-corrected chi connectivity index (χ4v) is 4.17. The maximum absolute atomic E-state index is 12.3. The molecule has 0 amide bonds. The molecule has 6 heteroatoms. The third-order valence-corrected chi connectivity index (χ3v) is 6.12. The number of rotatable bonds is 12. The predicted molar refractivity (Wildman–Crippen MR) is 140 cm³/mol. The topological polar surface area (TPSA) is 63.2 Å². The van der Waals surface area contributed by atoms with Gasteiger partial charge in [-0.1, -0.05) is 104 Å². The Morgan fingerprint density at radius 2 is 1.24 bits per heavy atom. The second-order valence-corrected chi connectivity index (χ2v) is 8.91. The molecule has 3 aromatic carbocycles. The van der Waals surface area contributed by atoms with Crippen LogP contribution in [0.2, 0.25) is 0 Å². The van der Waals surface area contributed by atoms with Gasteiger partial charge in [-0.05, 0) is 16.7 Å². The van der Waals surface area contributed by atoms with E-state index in [2.05, 4.69) is 6.58 Å². The van der Waals surface area contributed by atoms with E-state index in [1.165, 1.54) is 0 Å². The average molecular weight is 503 g/mol. The van der Waals surface area contributed by atoms with Crippen LogP contribution in [0.25, 0.3) is 0 Å². The van der Waals surface area contributed by atoms with Crippen LogP contribution in [0.15, 0.2) is 103 Å².